The first-order chi connectivity index (χ1) is 21.5. The van der Waals surface area contributed by atoms with Gasteiger partial charge in [0.15, 0.2) is 5.65 Å². The Balaban J connectivity index is 1.19. The van der Waals surface area contributed by atoms with Crippen LogP contribution in [0, 0.1) is 5.92 Å². The lowest BCUT2D eigenvalue weighted by Crippen LogP contribution is -2.37. The molecule has 0 aliphatic carbocycles. The highest BCUT2D eigenvalue weighted by atomic mass is 16.5. The van der Waals surface area contributed by atoms with Crippen molar-refractivity contribution in [1.29, 1.82) is 0 Å². The van der Waals surface area contributed by atoms with Crippen LogP contribution < -0.4 is 20.3 Å². The van der Waals surface area contributed by atoms with E-state index < -0.39 is 0 Å². The van der Waals surface area contributed by atoms with Gasteiger partial charge in [-0.1, -0.05) is 51.1 Å². The zero-order chi connectivity index (χ0) is 30.0. The minimum atomic E-state index is 0.0571. The maximum atomic E-state index is 6.28. The number of hydrogen-bond donors (Lipinski definition) is 2. The van der Waals surface area contributed by atoms with Gasteiger partial charge in [0.1, 0.15) is 6.10 Å². The van der Waals surface area contributed by atoms with Crippen molar-refractivity contribution in [1.82, 2.24) is 29.9 Å². The van der Waals surface area contributed by atoms with Crippen LogP contribution >= 0.6 is 0 Å². The molecule has 0 bridgehead atoms. The van der Waals surface area contributed by atoms with Crippen molar-refractivity contribution in [3.63, 3.8) is 0 Å². The van der Waals surface area contributed by atoms with Crippen molar-refractivity contribution in [3.8, 4) is 17.3 Å². The van der Waals surface area contributed by atoms with Crippen molar-refractivity contribution >= 4 is 28.1 Å². The molecule has 2 N–H and O–H groups in total. The molecule has 2 aliphatic rings. The van der Waals surface area contributed by atoms with Gasteiger partial charge in [0.2, 0.25) is 5.95 Å². The summed E-state index contributed by atoms with van der Waals surface area (Å²) in [7, 11) is 0. The highest BCUT2D eigenvalue weighted by molar-refractivity contribution is 5.96. The number of fused-ring (bicyclic) bond motifs is 2. The zero-order valence-corrected chi connectivity index (χ0v) is 26.0. The highest BCUT2D eigenvalue weighted by Gasteiger charge is 2.21. The van der Waals surface area contributed by atoms with Gasteiger partial charge in [-0.3, -0.25) is 4.98 Å². The van der Waals surface area contributed by atoms with E-state index in [4.69, 9.17) is 19.7 Å². The zero-order valence-electron chi connectivity index (χ0n) is 26.0. The number of nitrogens with one attached hydrogen (secondary N) is 2. The number of rotatable bonds is 8. The van der Waals surface area contributed by atoms with E-state index in [2.05, 4.69) is 89.9 Å². The molecular formula is C35H42N8O. The molecule has 228 valence electrons. The van der Waals surface area contributed by atoms with Crippen LogP contribution in [0.1, 0.15) is 63.5 Å². The quantitative estimate of drug-likeness (QED) is 0.213. The van der Waals surface area contributed by atoms with E-state index in [-0.39, 0.29) is 12.0 Å². The molecule has 3 aromatic heterocycles. The third kappa shape index (κ3) is 5.80. The molecule has 7 rings (SSSR count). The van der Waals surface area contributed by atoms with Crippen LogP contribution in [0.25, 0.3) is 27.7 Å². The highest BCUT2D eigenvalue weighted by Crippen LogP contribution is 2.33. The Morgan fingerprint density at radius 2 is 1.91 bits per heavy atom. The standard InChI is InChI=1S/C35H42N8O/c1-23(2)31-22-39-43-33(31)40-35(44-28-8-6-15-36-21-28)41-34(43)38-20-26-7-4-5-9-29(26)32-30-11-10-27(19-25(30)12-16-37-32)42-17-13-24(3)14-18-42/h4-5,7,9-12,16,19,22-24,28,36H,6,8,13-15,17-18,20-21H2,1-3H3,(H,38,40,41)/t28-/m1/s1. The summed E-state index contributed by atoms with van der Waals surface area (Å²) in [5.74, 6) is 1.70. The van der Waals surface area contributed by atoms with Crippen LogP contribution in [0.3, 0.4) is 0 Å². The lowest BCUT2D eigenvalue weighted by atomic mass is 9.97. The molecule has 1 atom stereocenters. The molecule has 2 aliphatic heterocycles. The maximum absolute atomic E-state index is 6.28. The van der Waals surface area contributed by atoms with Crippen molar-refractivity contribution < 1.29 is 4.74 Å². The summed E-state index contributed by atoms with van der Waals surface area (Å²) >= 11 is 0. The molecular weight excluding hydrogens is 548 g/mol. The summed E-state index contributed by atoms with van der Waals surface area (Å²) in [5, 5.41) is 14.0. The van der Waals surface area contributed by atoms with Gasteiger partial charge in [-0.15, -0.1) is 0 Å². The first-order valence-corrected chi connectivity index (χ1v) is 16.1. The summed E-state index contributed by atoms with van der Waals surface area (Å²) < 4.78 is 8.08. The van der Waals surface area contributed by atoms with E-state index in [0.717, 1.165) is 78.4 Å². The van der Waals surface area contributed by atoms with Gasteiger partial charge in [-0.2, -0.15) is 19.6 Å². The summed E-state index contributed by atoms with van der Waals surface area (Å²) in [6.07, 6.45) is 8.45. The summed E-state index contributed by atoms with van der Waals surface area (Å²) in [4.78, 5) is 17.0. The van der Waals surface area contributed by atoms with Crippen LogP contribution in [0.5, 0.6) is 6.01 Å². The predicted molar refractivity (Wildman–Crippen MR) is 177 cm³/mol. The number of benzene rings is 2. The second kappa shape index (κ2) is 12.4. The van der Waals surface area contributed by atoms with E-state index >= 15 is 0 Å². The lowest BCUT2D eigenvalue weighted by molar-refractivity contribution is 0.153. The van der Waals surface area contributed by atoms with E-state index in [1.54, 1.807) is 4.52 Å². The first-order valence-electron chi connectivity index (χ1n) is 16.1. The van der Waals surface area contributed by atoms with Crippen LogP contribution in [0.4, 0.5) is 11.6 Å². The van der Waals surface area contributed by atoms with Gasteiger partial charge in [0.05, 0.1) is 11.9 Å². The number of hydrogen-bond acceptors (Lipinski definition) is 8. The number of aromatic nitrogens is 5. The Bertz CT molecular complexity index is 1750. The number of ether oxygens (including phenoxy) is 1. The minimum Gasteiger partial charge on any atom is -0.459 e. The van der Waals surface area contributed by atoms with Gasteiger partial charge in [-0.05, 0) is 73.2 Å². The molecule has 0 saturated carbocycles. The van der Waals surface area contributed by atoms with Crippen molar-refractivity contribution in [3.05, 3.63) is 72.1 Å². The fourth-order valence-electron chi connectivity index (χ4n) is 6.44. The second-order valence-electron chi connectivity index (χ2n) is 12.7. The number of nitrogens with zero attached hydrogens (tertiary/aromatic N) is 6. The molecule has 2 saturated heterocycles. The fraction of sp³-hybridized carbons (Fsp3) is 0.429. The van der Waals surface area contributed by atoms with E-state index in [0.29, 0.717) is 18.5 Å². The molecule has 44 heavy (non-hydrogen) atoms. The molecule has 9 nitrogen and oxygen atoms in total. The lowest BCUT2D eigenvalue weighted by Gasteiger charge is -2.32. The summed E-state index contributed by atoms with van der Waals surface area (Å²) in [5.41, 5.74) is 6.36. The number of piperidine rings is 2. The van der Waals surface area contributed by atoms with Crippen molar-refractivity contribution in [2.45, 2.75) is 65.0 Å². The molecule has 0 amide bonds. The summed E-state index contributed by atoms with van der Waals surface area (Å²) in [6.45, 7) is 11.3. The maximum Gasteiger partial charge on any atom is 0.322 e. The van der Waals surface area contributed by atoms with E-state index in [1.165, 1.54) is 23.9 Å². The fourth-order valence-corrected chi connectivity index (χ4v) is 6.44. The second-order valence-corrected chi connectivity index (χ2v) is 12.7. The number of pyridine rings is 1. The molecule has 2 fully saturated rings. The minimum absolute atomic E-state index is 0.0571. The Morgan fingerprint density at radius 3 is 2.73 bits per heavy atom. The van der Waals surface area contributed by atoms with Crippen LogP contribution in [0.15, 0.2) is 60.9 Å². The predicted octanol–water partition coefficient (Wildman–Crippen LogP) is 6.44. The van der Waals surface area contributed by atoms with E-state index in [9.17, 15) is 0 Å². The number of anilines is 2. The smallest absolute Gasteiger partial charge is 0.322 e. The average Bonchev–Trinajstić information content (AvgIpc) is 3.49. The normalized spacial score (nSPS) is 17.9. The summed E-state index contributed by atoms with van der Waals surface area (Å²) in [6, 6.07) is 17.8. The molecule has 2 aromatic carbocycles. The van der Waals surface area contributed by atoms with Gasteiger partial charge in [0.25, 0.3) is 0 Å². The molecule has 0 unspecified atom stereocenters. The topological polar surface area (TPSA) is 92.5 Å². The Kier molecular flexibility index (Phi) is 8.04. The van der Waals surface area contributed by atoms with Gasteiger partial charge in [0, 0.05) is 54.6 Å². The molecule has 0 spiro atoms. The SMILES string of the molecule is CC1CCN(c2ccc3c(-c4ccccc4CNc4nc(O[C@@H]5CCCNC5)nc5c(C(C)C)cnn45)nccc3c2)CC1. The Labute approximate surface area is 259 Å². The average molecular weight is 591 g/mol. The molecule has 0 radical (unpaired) electrons. The first kappa shape index (κ1) is 28.5. The van der Waals surface area contributed by atoms with Gasteiger partial charge >= 0.3 is 6.01 Å². The third-order valence-corrected chi connectivity index (χ3v) is 9.13. The van der Waals surface area contributed by atoms with Crippen LogP contribution in [-0.2, 0) is 6.54 Å². The Morgan fingerprint density at radius 1 is 1.05 bits per heavy atom. The third-order valence-electron chi connectivity index (χ3n) is 9.13. The van der Waals surface area contributed by atoms with Crippen molar-refractivity contribution in [2.24, 2.45) is 5.92 Å². The van der Waals surface area contributed by atoms with Gasteiger partial charge in [-0.25, -0.2) is 0 Å². The van der Waals surface area contributed by atoms with Gasteiger partial charge < -0.3 is 20.3 Å². The van der Waals surface area contributed by atoms with Crippen LogP contribution in [-0.4, -0.2) is 56.8 Å². The van der Waals surface area contributed by atoms with E-state index in [1.807, 2.05) is 12.4 Å². The monoisotopic (exact) mass is 590 g/mol. The molecule has 5 heterocycles. The molecule has 5 aromatic rings. The van der Waals surface area contributed by atoms with Crippen molar-refractivity contribution in [2.75, 3.05) is 36.4 Å². The van der Waals surface area contributed by atoms with Crippen LogP contribution in [0.2, 0.25) is 0 Å². The Hall–Kier alpha value is -4.24. The largest absolute Gasteiger partial charge is 0.459 e. The molecule has 9 heteroatoms.